The van der Waals surface area contributed by atoms with Crippen LogP contribution >= 0.6 is 0 Å². The summed E-state index contributed by atoms with van der Waals surface area (Å²) in [4.78, 5) is 2.21. The van der Waals surface area contributed by atoms with Crippen LogP contribution in [0.25, 0.3) is 0 Å². The molecular weight excluding hydrogens is 240 g/mol. The minimum atomic E-state index is -0.247. The first kappa shape index (κ1) is 13.7. The van der Waals surface area contributed by atoms with Crippen LogP contribution < -0.4 is 9.64 Å². The van der Waals surface area contributed by atoms with E-state index in [2.05, 4.69) is 11.0 Å². The van der Waals surface area contributed by atoms with Gasteiger partial charge in [0.1, 0.15) is 11.8 Å². The van der Waals surface area contributed by atoms with E-state index in [-0.39, 0.29) is 6.10 Å². The quantitative estimate of drug-likeness (QED) is 0.905. The van der Waals surface area contributed by atoms with Gasteiger partial charge < -0.3 is 14.7 Å². The van der Waals surface area contributed by atoms with Gasteiger partial charge in [-0.15, -0.1) is 0 Å². The zero-order valence-corrected chi connectivity index (χ0v) is 11.5. The first-order valence-corrected chi connectivity index (χ1v) is 6.67. The molecule has 0 radical (unpaired) electrons. The van der Waals surface area contributed by atoms with E-state index in [4.69, 9.17) is 4.74 Å². The van der Waals surface area contributed by atoms with Crippen LogP contribution in [-0.4, -0.2) is 31.4 Å². The maximum atomic E-state index is 9.63. The minimum absolute atomic E-state index is 0.247. The van der Waals surface area contributed by atoms with E-state index in [0.29, 0.717) is 11.5 Å². The first-order chi connectivity index (χ1) is 9.15. The van der Waals surface area contributed by atoms with Gasteiger partial charge in [-0.25, -0.2) is 0 Å². The number of piperidine rings is 1. The van der Waals surface area contributed by atoms with Gasteiger partial charge in [-0.2, -0.15) is 5.26 Å². The number of rotatable bonds is 3. The Morgan fingerprint density at radius 1 is 1.42 bits per heavy atom. The number of methoxy groups -OCH3 is 1. The molecule has 102 valence electrons. The van der Waals surface area contributed by atoms with Gasteiger partial charge in [-0.05, 0) is 37.8 Å². The maximum absolute atomic E-state index is 9.63. The molecule has 0 aromatic heterocycles. The third kappa shape index (κ3) is 2.99. The second-order valence-corrected chi connectivity index (χ2v) is 5.06. The molecular formula is C15H20N2O2. The van der Waals surface area contributed by atoms with Gasteiger partial charge in [0.15, 0.2) is 0 Å². The predicted octanol–water partition coefficient (Wildman–Crippen LogP) is 2.16. The smallest absolute Gasteiger partial charge is 0.121 e. The van der Waals surface area contributed by atoms with Crippen molar-refractivity contribution in [2.24, 2.45) is 5.92 Å². The summed E-state index contributed by atoms with van der Waals surface area (Å²) >= 11 is 0. The van der Waals surface area contributed by atoms with E-state index in [0.717, 1.165) is 37.4 Å². The van der Waals surface area contributed by atoms with E-state index in [9.17, 15) is 10.4 Å². The van der Waals surface area contributed by atoms with Gasteiger partial charge in [0, 0.05) is 19.2 Å². The zero-order chi connectivity index (χ0) is 13.8. The van der Waals surface area contributed by atoms with Gasteiger partial charge in [0.25, 0.3) is 0 Å². The molecule has 0 saturated carbocycles. The second kappa shape index (κ2) is 5.94. The average Bonchev–Trinajstić information content (AvgIpc) is 2.46. The lowest BCUT2D eigenvalue weighted by molar-refractivity contribution is 0.110. The van der Waals surface area contributed by atoms with Crippen molar-refractivity contribution in [3.63, 3.8) is 0 Å². The topological polar surface area (TPSA) is 56.5 Å². The van der Waals surface area contributed by atoms with Gasteiger partial charge in [0.05, 0.1) is 24.5 Å². The van der Waals surface area contributed by atoms with Crippen LogP contribution in [0, 0.1) is 17.2 Å². The van der Waals surface area contributed by atoms with Crippen molar-refractivity contribution in [3.8, 4) is 11.8 Å². The predicted molar refractivity (Wildman–Crippen MR) is 74.3 cm³/mol. The summed E-state index contributed by atoms with van der Waals surface area (Å²) in [5.74, 6) is 1.14. The fourth-order valence-corrected chi connectivity index (χ4v) is 2.62. The summed E-state index contributed by atoms with van der Waals surface area (Å²) in [6.45, 7) is 3.60. The molecule has 1 N–H and O–H groups in total. The molecule has 0 bridgehead atoms. The van der Waals surface area contributed by atoms with Crippen LogP contribution in [0.4, 0.5) is 5.69 Å². The number of hydrogen-bond acceptors (Lipinski definition) is 4. The molecule has 1 saturated heterocycles. The van der Waals surface area contributed by atoms with Crippen molar-refractivity contribution in [2.45, 2.75) is 25.9 Å². The molecule has 0 amide bonds. The lowest BCUT2D eigenvalue weighted by atomic mass is 9.91. The molecule has 1 aromatic carbocycles. The Labute approximate surface area is 114 Å². The normalized spacial score (nSPS) is 17.9. The number of nitrogens with zero attached hydrogens (tertiary/aromatic N) is 2. The lowest BCUT2D eigenvalue weighted by Crippen LogP contribution is -2.37. The van der Waals surface area contributed by atoms with Crippen molar-refractivity contribution >= 4 is 5.69 Å². The highest BCUT2D eigenvalue weighted by atomic mass is 16.5. The average molecular weight is 260 g/mol. The fraction of sp³-hybridized carbons (Fsp3) is 0.533. The summed E-state index contributed by atoms with van der Waals surface area (Å²) in [5.41, 5.74) is 1.61. The van der Waals surface area contributed by atoms with E-state index in [1.54, 1.807) is 13.2 Å². The molecule has 1 aliphatic heterocycles. The van der Waals surface area contributed by atoms with Crippen LogP contribution in [-0.2, 0) is 0 Å². The third-order valence-corrected chi connectivity index (χ3v) is 3.89. The number of ether oxygens (including phenoxy) is 1. The molecule has 1 aromatic rings. The largest absolute Gasteiger partial charge is 0.497 e. The molecule has 4 nitrogen and oxygen atoms in total. The van der Waals surface area contributed by atoms with Crippen LogP contribution in [0.2, 0.25) is 0 Å². The summed E-state index contributed by atoms with van der Waals surface area (Å²) in [6.07, 6.45) is 1.67. The lowest BCUT2D eigenvalue weighted by Gasteiger charge is -2.35. The highest BCUT2D eigenvalue weighted by molar-refractivity contribution is 5.62. The number of benzene rings is 1. The fourth-order valence-electron chi connectivity index (χ4n) is 2.62. The van der Waals surface area contributed by atoms with Crippen LogP contribution in [0.5, 0.6) is 5.75 Å². The Bertz CT molecular complexity index is 472. The van der Waals surface area contributed by atoms with Crippen molar-refractivity contribution in [1.82, 2.24) is 0 Å². The molecule has 19 heavy (non-hydrogen) atoms. The monoisotopic (exact) mass is 260 g/mol. The van der Waals surface area contributed by atoms with Crippen molar-refractivity contribution < 1.29 is 9.84 Å². The summed E-state index contributed by atoms with van der Waals surface area (Å²) in [5, 5.41) is 18.8. The van der Waals surface area contributed by atoms with E-state index in [1.807, 2.05) is 19.1 Å². The molecule has 0 aliphatic carbocycles. The molecule has 1 aliphatic rings. The highest BCUT2D eigenvalue weighted by Gasteiger charge is 2.24. The molecule has 1 atom stereocenters. The molecule has 0 spiro atoms. The number of anilines is 1. The summed E-state index contributed by atoms with van der Waals surface area (Å²) < 4.78 is 5.23. The molecule has 1 heterocycles. The van der Waals surface area contributed by atoms with Crippen molar-refractivity contribution in [1.29, 1.82) is 5.26 Å². The Hall–Kier alpha value is -1.73. The number of aliphatic hydroxyl groups excluding tert-OH is 1. The SMILES string of the molecule is COc1ccc(C#N)c(N2CCC(C(C)O)CC2)c1. The minimum Gasteiger partial charge on any atom is -0.497 e. The van der Waals surface area contributed by atoms with E-state index < -0.39 is 0 Å². The number of aliphatic hydroxyl groups is 1. The van der Waals surface area contributed by atoms with Gasteiger partial charge in [0.2, 0.25) is 0 Å². The molecule has 1 fully saturated rings. The maximum Gasteiger partial charge on any atom is 0.121 e. The molecule has 1 unspecified atom stereocenters. The standard InChI is InChI=1S/C15H20N2O2/c1-11(18)12-5-7-17(8-6-12)15-9-14(19-2)4-3-13(15)10-16/h3-4,9,11-12,18H,5-8H2,1-2H3. The number of hydrogen-bond donors (Lipinski definition) is 1. The Morgan fingerprint density at radius 2 is 2.11 bits per heavy atom. The van der Waals surface area contributed by atoms with E-state index >= 15 is 0 Å². The Morgan fingerprint density at radius 3 is 2.63 bits per heavy atom. The summed E-state index contributed by atoms with van der Waals surface area (Å²) in [6, 6.07) is 7.76. The zero-order valence-electron chi connectivity index (χ0n) is 11.5. The van der Waals surface area contributed by atoms with Crippen molar-refractivity contribution in [3.05, 3.63) is 23.8 Å². The van der Waals surface area contributed by atoms with Gasteiger partial charge in [-0.3, -0.25) is 0 Å². The molecule has 4 heteroatoms. The Balaban J connectivity index is 2.16. The number of nitriles is 1. The highest BCUT2D eigenvalue weighted by Crippen LogP contribution is 2.30. The third-order valence-electron chi connectivity index (χ3n) is 3.89. The van der Waals surface area contributed by atoms with Crippen LogP contribution in [0.1, 0.15) is 25.3 Å². The Kier molecular flexibility index (Phi) is 4.28. The van der Waals surface area contributed by atoms with Crippen molar-refractivity contribution in [2.75, 3.05) is 25.1 Å². The van der Waals surface area contributed by atoms with Crippen LogP contribution in [0.3, 0.4) is 0 Å². The van der Waals surface area contributed by atoms with E-state index in [1.165, 1.54) is 0 Å². The first-order valence-electron chi connectivity index (χ1n) is 6.67. The molecule has 2 rings (SSSR count). The second-order valence-electron chi connectivity index (χ2n) is 5.06. The van der Waals surface area contributed by atoms with Crippen LogP contribution in [0.15, 0.2) is 18.2 Å². The van der Waals surface area contributed by atoms with Gasteiger partial charge in [-0.1, -0.05) is 0 Å². The van der Waals surface area contributed by atoms with Gasteiger partial charge >= 0.3 is 0 Å². The summed E-state index contributed by atoms with van der Waals surface area (Å²) in [7, 11) is 1.63.